The zero-order valence-corrected chi connectivity index (χ0v) is 5.38. The number of rotatable bonds is 0. The van der Waals surface area contributed by atoms with E-state index in [2.05, 4.69) is 0 Å². The first-order chi connectivity index (χ1) is 3.46. The summed E-state index contributed by atoms with van der Waals surface area (Å²) in [4.78, 5) is 17.6. The molecule has 0 atom stereocenters. The molecule has 0 unspecified atom stereocenters. The van der Waals surface area contributed by atoms with E-state index < -0.39 is 12.1 Å². The summed E-state index contributed by atoms with van der Waals surface area (Å²) in [5, 5.41) is 21.4. The summed E-state index contributed by atoms with van der Waals surface area (Å²) < 4.78 is 0. The molecule has 0 radical (unpaired) electrons. The zero-order valence-electron chi connectivity index (χ0n) is 4.57. The molecule has 0 saturated heterocycles. The van der Waals surface area contributed by atoms with Gasteiger partial charge in [-0.05, 0) is 0 Å². The normalized spacial score (nSPS) is 5.44. The van der Waals surface area contributed by atoms with Crippen LogP contribution in [0.25, 0.3) is 0 Å². The molecule has 3 N–H and O–H groups in total. The van der Waals surface area contributed by atoms with Gasteiger partial charge in [0.2, 0.25) is 0 Å². The third-order valence-corrected chi connectivity index (χ3v) is 0. The number of aliphatic carboxylic acids is 1. The standard InChI is InChI=1S/C2H4O2.CH2O3.ClH/c1-2(3)4;2-1(3)4;/h1H3,(H,3,4);(H2,2,3,4);1H. The molecular weight excluding hydrogens is 151 g/mol. The second kappa shape index (κ2) is 10.1. The smallest absolute Gasteiger partial charge is 0.481 e. The maximum atomic E-state index is 9.00. The highest BCUT2D eigenvalue weighted by atomic mass is 35.5. The molecule has 0 amide bonds. The second-order valence-electron chi connectivity index (χ2n) is 0.802. The highest BCUT2D eigenvalue weighted by molar-refractivity contribution is 5.85. The van der Waals surface area contributed by atoms with Crippen LogP contribution < -0.4 is 0 Å². The Morgan fingerprint density at radius 3 is 1.11 bits per heavy atom. The van der Waals surface area contributed by atoms with Gasteiger partial charge in [0.1, 0.15) is 0 Å². The molecule has 5 nitrogen and oxygen atoms in total. The molecule has 0 aromatic carbocycles. The maximum Gasteiger partial charge on any atom is 0.503 e. The topological polar surface area (TPSA) is 94.8 Å². The van der Waals surface area contributed by atoms with E-state index in [1.54, 1.807) is 0 Å². The predicted octanol–water partition coefficient (Wildman–Crippen LogP) is 0.735. The summed E-state index contributed by atoms with van der Waals surface area (Å²) in [6.07, 6.45) is -1.83. The molecule has 0 aromatic heterocycles. The lowest BCUT2D eigenvalue weighted by Gasteiger charge is -1.60. The maximum absolute atomic E-state index is 9.00. The van der Waals surface area contributed by atoms with E-state index in [0.717, 1.165) is 6.92 Å². The number of carboxylic acid groups (broad SMARTS) is 3. The molecular formula is C3H7ClO5. The van der Waals surface area contributed by atoms with Crippen LogP contribution in [0, 0.1) is 0 Å². The van der Waals surface area contributed by atoms with Crippen LogP contribution in [0.5, 0.6) is 0 Å². The van der Waals surface area contributed by atoms with Crippen molar-refractivity contribution in [3.63, 3.8) is 0 Å². The van der Waals surface area contributed by atoms with Crippen LogP contribution in [-0.2, 0) is 4.79 Å². The minimum Gasteiger partial charge on any atom is -0.481 e. The van der Waals surface area contributed by atoms with Gasteiger partial charge in [-0.1, -0.05) is 0 Å². The first kappa shape index (κ1) is 15.7. The predicted molar refractivity (Wildman–Crippen MR) is 31.2 cm³/mol. The lowest BCUT2D eigenvalue weighted by molar-refractivity contribution is -0.134. The van der Waals surface area contributed by atoms with Crippen molar-refractivity contribution in [2.45, 2.75) is 6.92 Å². The Kier molecular flexibility index (Phi) is 17.6. The number of hydrogen-bond donors (Lipinski definition) is 3. The van der Waals surface area contributed by atoms with Crippen LogP contribution >= 0.6 is 12.4 Å². The number of hydrogen-bond acceptors (Lipinski definition) is 2. The third kappa shape index (κ3) is 189. The van der Waals surface area contributed by atoms with Gasteiger partial charge in [0.25, 0.3) is 5.97 Å². The molecule has 0 spiro atoms. The van der Waals surface area contributed by atoms with Gasteiger partial charge in [0.05, 0.1) is 0 Å². The van der Waals surface area contributed by atoms with E-state index in [1.165, 1.54) is 0 Å². The van der Waals surface area contributed by atoms with Gasteiger partial charge in [-0.25, -0.2) is 4.79 Å². The average molecular weight is 159 g/mol. The van der Waals surface area contributed by atoms with Crippen LogP contribution in [0.1, 0.15) is 6.92 Å². The Hall–Kier alpha value is -0.970. The molecule has 0 saturated carbocycles. The number of carboxylic acids is 1. The van der Waals surface area contributed by atoms with Crippen molar-refractivity contribution in [1.82, 2.24) is 0 Å². The van der Waals surface area contributed by atoms with Crippen molar-refractivity contribution >= 4 is 24.5 Å². The third-order valence-electron chi connectivity index (χ3n) is 0. The zero-order chi connectivity index (χ0) is 7.15. The number of halogens is 1. The molecule has 0 aliphatic heterocycles. The van der Waals surface area contributed by atoms with E-state index >= 15 is 0 Å². The quantitative estimate of drug-likeness (QED) is 0.483. The summed E-state index contributed by atoms with van der Waals surface area (Å²) in [7, 11) is 0. The minimum absolute atomic E-state index is 0. The van der Waals surface area contributed by atoms with Crippen molar-refractivity contribution < 1.29 is 24.9 Å². The largest absolute Gasteiger partial charge is 0.503 e. The first-order valence-electron chi connectivity index (χ1n) is 1.58. The molecule has 0 bridgehead atoms. The van der Waals surface area contributed by atoms with Crippen LogP contribution in [0.4, 0.5) is 4.79 Å². The lowest BCUT2D eigenvalue weighted by Crippen LogP contribution is -1.81. The van der Waals surface area contributed by atoms with Crippen molar-refractivity contribution in [3.05, 3.63) is 0 Å². The van der Waals surface area contributed by atoms with E-state index in [4.69, 9.17) is 24.9 Å². The minimum atomic E-state index is -1.83. The van der Waals surface area contributed by atoms with E-state index in [0.29, 0.717) is 0 Å². The van der Waals surface area contributed by atoms with Gasteiger partial charge in [-0.3, -0.25) is 4.79 Å². The molecule has 0 aliphatic rings. The summed E-state index contributed by atoms with van der Waals surface area (Å²) in [6, 6.07) is 0. The van der Waals surface area contributed by atoms with Gasteiger partial charge in [0, 0.05) is 6.92 Å². The van der Waals surface area contributed by atoms with Crippen LogP contribution in [0.2, 0.25) is 0 Å². The van der Waals surface area contributed by atoms with Gasteiger partial charge in [0.15, 0.2) is 0 Å². The molecule has 0 fully saturated rings. The molecule has 9 heavy (non-hydrogen) atoms. The lowest BCUT2D eigenvalue weighted by atomic mass is 10.9. The number of carbonyl (C=O) groups is 2. The van der Waals surface area contributed by atoms with Crippen molar-refractivity contribution in [3.8, 4) is 0 Å². The van der Waals surface area contributed by atoms with Crippen molar-refractivity contribution in [2.75, 3.05) is 0 Å². The average Bonchev–Trinajstić information content (AvgIpc) is 1.25. The monoisotopic (exact) mass is 158 g/mol. The van der Waals surface area contributed by atoms with Crippen LogP contribution in [-0.4, -0.2) is 27.4 Å². The van der Waals surface area contributed by atoms with Gasteiger partial charge in [-0.15, -0.1) is 12.4 Å². The Labute approximate surface area is 57.3 Å². The van der Waals surface area contributed by atoms with Gasteiger partial charge in [-0.2, -0.15) is 0 Å². The van der Waals surface area contributed by atoms with Gasteiger partial charge < -0.3 is 15.3 Å². The molecule has 0 heterocycles. The fraction of sp³-hybridized carbons (Fsp3) is 0.333. The summed E-state index contributed by atoms with van der Waals surface area (Å²) in [5.41, 5.74) is 0. The van der Waals surface area contributed by atoms with Crippen LogP contribution in [0.15, 0.2) is 0 Å². The van der Waals surface area contributed by atoms with E-state index in [-0.39, 0.29) is 12.4 Å². The molecule has 6 heteroatoms. The van der Waals surface area contributed by atoms with E-state index in [1.807, 2.05) is 0 Å². The Bertz CT molecular complexity index is 70.2. The Balaban J connectivity index is -0.0000000720. The SMILES string of the molecule is CC(=O)O.Cl.O=C(O)O. The second-order valence-corrected chi connectivity index (χ2v) is 0.802. The van der Waals surface area contributed by atoms with Gasteiger partial charge >= 0.3 is 6.16 Å². The summed E-state index contributed by atoms with van der Waals surface area (Å²) in [6.45, 7) is 1.08. The van der Waals surface area contributed by atoms with Crippen molar-refractivity contribution in [1.29, 1.82) is 0 Å². The first-order valence-corrected chi connectivity index (χ1v) is 1.58. The molecule has 56 valence electrons. The highest BCUT2D eigenvalue weighted by Crippen LogP contribution is 1.43. The fourth-order valence-corrected chi connectivity index (χ4v) is 0. The summed E-state index contributed by atoms with van der Waals surface area (Å²) in [5.74, 6) is -0.833. The van der Waals surface area contributed by atoms with E-state index in [9.17, 15) is 0 Å². The Morgan fingerprint density at radius 2 is 1.11 bits per heavy atom. The molecule has 0 aliphatic carbocycles. The molecule has 0 aromatic rings. The Morgan fingerprint density at radius 1 is 1.11 bits per heavy atom. The summed E-state index contributed by atoms with van der Waals surface area (Å²) >= 11 is 0. The highest BCUT2D eigenvalue weighted by Gasteiger charge is 1.70. The van der Waals surface area contributed by atoms with Crippen LogP contribution in [0.3, 0.4) is 0 Å². The fourth-order valence-electron chi connectivity index (χ4n) is 0. The molecule has 0 rings (SSSR count). The van der Waals surface area contributed by atoms with Crippen molar-refractivity contribution in [2.24, 2.45) is 0 Å².